The summed E-state index contributed by atoms with van der Waals surface area (Å²) in [4.78, 5) is 0. The number of fused-ring (bicyclic) bond motifs is 1. The van der Waals surface area contributed by atoms with Crippen molar-refractivity contribution in [2.45, 2.75) is 6.54 Å². The zero-order valence-corrected chi connectivity index (χ0v) is 9.49. The van der Waals surface area contributed by atoms with E-state index >= 15 is 0 Å². The SMILES string of the molecule is CNCc1cn[nH]c1-c1ccc2c(c1)OCO2. The number of ether oxygens (including phenoxy) is 2. The van der Waals surface area contributed by atoms with Gasteiger partial charge in [-0.3, -0.25) is 5.10 Å². The van der Waals surface area contributed by atoms with E-state index in [1.54, 1.807) is 0 Å². The monoisotopic (exact) mass is 231 g/mol. The predicted molar refractivity (Wildman–Crippen MR) is 62.9 cm³/mol. The summed E-state index contributed by atoms with van der Waals surface area (Å²) in [5.74, 6) is 1.58. The van der Waals surface area contributed by atoms with Crippen LogP contribution in [-0.2, 0) is 6.54 Å². The lowest BCUT2D eigenvalue weighted by Gasteiger charge is -2.04. The standard InChI is InChI=1S/C12H13N3O2/c1-13-5-9-6-14-15-12(9)8-2-3-10-11(4-8)17-7-16-10/h2-4,6,13H,5,7H2,1H3,(H,14,15). The smallest absolute Gasteiger partial charge is 0.231 e. The number of hydrogen-bond acceptors (Lipinski definition) is 4. The molecule has 1 aliphatic heterocycles. The molecule has 2 aromatic rings. The van der Waals surface area contributed by atoms with Gasteiger partial charge < -0.3 is 14.8 Å². The Morgan fingerprint density at radius 3 is 3.12 bits per heavy atom. The van der Waals surface area contributed by atoms with E-state index in [-0.39, 0.29) is 0 Å². The molecular weight excluding hydrogens is 218 g/mol. The number of aromatic amines is 1. The van der Waals surface area contributed by atoms with Crippen molar-refractivity contribution in [1.82, 2.24) is 15.5 Å². The van der Waals surface area contributed by atoms with Gasteiger partial charge >= 0.3 is 0 Å². The molecule has 0 bridgehead atoms. The van der Waals surface area contributed by atoms with Gasteiger partial charge in [0.25, 0.3) is 0 Å². The minimum atomic E-state index is 0.297. The Hall–Kier alpha value is -2.01. The Balaban J connectivity index is 2.00. The molecule has 0 amide bonds. The predicted octanol–water partition coefficient (Wildman–Crippen LogP) is 1.52. The third kappa shape index (κ3) is 1.74. The van der Waals surface area contributed by atoms with E-state index in [0.29, 0.717) is 6.79 Å². The van der Waals surface area contributed by atoms with Crippen molar-refractivity contribution < 1.29 is 9.47 Å². The highest BCUT2D eigenvalue weighted by atomic mass is 16.7. The fraction of sp³-hybridized carbons (Fsp3) is 0.250. The van der Waals surface area contributed by atoms with Gasteiger partial charge in [0, 0.05) is 17.7 Å². The van der Waals surface area contributed by atoms with E-state index < -0.39 is 0 Å². The molecule has 0 fully saturated rings. The van der Waals surface area contributed by atoms with Crippen molar-refractivity contribution in [3.05, 3.63) is 30.0 Å². The lowest BCUT2D eigenvalue weighted by molar-refractivity contribution is 0.174. The van der Waals surface area contributed by atoms with Crippen LogP contribution in [0.5, 0.6) is 11.5 Å². The number of H-pyrrole nitrogens is 1. The molecule has 2 heterocycles. The van der Waals surface area contributed by atoms with E-state index in [4.69, 9.17) is 9.47 Å². The van der Waals surface area contributed by atoms with Crippen molar-refractivity contribution in [2.24, 2.45) is 0 Å². The van der Waals surface area contributed by atoms with E-state index in [9.17, 15) is 0 Å². The molecule has 0 saturated heterocycles. The van der Waals surface area contributed by atoms with Crippen molar-refractivity contribution in [2.75, 3.05) is 13.8 Å². The number of nitrogens with zero attached hydrogens (tertiary/aromatic N) is 1. The second-order valence-corrected chi connectivity index (χ2v) is 3.87. The summed E-state index contributed by atoms with van der Waals surface area (Å²) in [6, 6.07) is 5.89. The minimum absolute atomic E-state index is 0.297. The molecule has 0 radical (unpaired) electrons. The van der Waals surface area contributed by atoms with E-state index in [0.717, 1.165) is 34.9 Å². The van der Waals surface area contributed by atoms with Crippen molar-refractivity contribution in [3.63, 3.8) is 0 Å². The van der Waals surface area contributed by atoms with Crippen molar-refractivity contribution >= 4 is 0 Å². The largest absolute Gasteiger partial charge is 0.454 e. The Kier molecular flexibility index (Phi) is 2.45. The minimum Gasteiger partial charge on any atom is -0.454 e. The number of hydrogen-bond donors (Lipinski definition) is 2. The molecule has 88 valence electrons. The first kappa shape index (κ1) is 10.2. The van der Waals surface area contributed by atoms with Crippen LogP contribution in [0.25, 0.3) is 11.3 Å². The maximum atomic E-state index is 5.36. The van der Waals surface area contributed by atoms with Crippen LogP contribution in [0.3, 0.4) is 0 Å². The molecule has 0 atom stereocenters. The van der Waals surface area contributed by atoms with Crippen LogP contribution in [0.4, 0.5) is 0 Å². The maximum Gasteiger partial charge on any atom is 0.231 e. The van der Waals surface area contributed by atoms with Gasteiger partial charge in [0.05, 0.1) is 11.9 Å². The normalized spacial score (nSPS) is 13.0. The molecular formula is C12H13N3O2. The topological polar surface area (TPSA) is 59.2 Å². The molecule has 0 spiro atoms. The van der Waals surface area contributed by atoms with Crippen LogP contribution in [-0.4, -0.2) is 24.0 Å². The summed E-state index contributed by atoms with van der Waals surface area (Å²) in [6.45, 7) is 1.07. The van der Waals surface area contributed by atoms with Crippen molar-refractivity contribution in [1.29, 1.82) is 0 Å². The molecule has 3 rings (SSSR count). The number of aromatic nitrogens is 2. The summed E-state index contributed by atoms with van der Waals surface area (Å²) >= 11 is 0. The van der Waals surface area contributed by atoms with Gasteiger partial charge in [-0.25, -0.2) is 0 Å². The average molecular weight is 231 g/mol. The first-order valence-corrected chi connectivity index (χ1v) is 5.45. The van der Waals surface area contributed by atoms with Gasteiger partial charge in [-0.1, -0.05) is 0 Å². The lowest BCUT2D eigenvalue weighted by atomic mass is 10.1. The molecule has 0 aliphatic carbocycles. The molecule has 0 unspecified atom stereocenters. The summed E-state index contributed by atoms with van der Waals surface area (Å²) in [6.07, 6.45) is 1.83. The maximum absolute atomic E-state index is 5.36. The van der Waals surface area contributed by atoms with E-state index in [1.165, 1.54) is 0 Å². The van der Waals surface area contributed by atoms with Crippen LogP contribution < -0.4 is 14.8 Å². The Labute approximate surface area is 98.8 Å². The second kappa shape index (κ2) is 4.10. The molecule has 2 N–H and O–H groups in total. The average Bonchev–Trinajstić information content (AvgIpc) is 2.96. The molecule has 1 aliphatic rings. The number of rotatable bonds is 3. The van der Waals surface area contributed by atoms with Gasteiger partial charge in [-0.15, -0.1) is 0 Å². The van der Waals surface area contributed by atoms with Gasteiger partial charge in [-0.2, -0.15) is 5.10 Å². The first-order valence-electron chi connectivity index (χ1n) is 5.45. The molecule has 5 nitrogen and oxygen atoms in total. The van der Waals surface area contributed by atoms with Gasteiger partial charge in [0.1, 0.15) is 0 Å². The van der Waals surface area contributed by atoms with Crippen LogP contribution in [0, 0.1) is 0 Å². The van der Waals surface area contributed by atoms with Crippen LogP contribution >= 0.6 is 0 Å². The quantitative estimate of drug-likeness (QED) is 0.841. The van der Waals surface area contributed by atoms with Gasteiger partial charge in [0.2, 0.25) is 6.79 Å². The van der Waals surface area contributed by atoms with Gasteiger partial charge in [-0.05, 0) is 25.2 Å². The lowest BCUT2D eigenvalue weighted by Crippen LogP contribution is -2.05. The van der Waals surface area contributed by atoms with Crippen LogP contribution in [0.2, 0.25) is 0 Å². The van der Waals surface area contributed by atoms with Crippen LogP contribution in [0.1, 0.15) is 5.56 Å². The summed E-state index contributed by atoms with van der Waals surface area (Å²) in [5.41, 5.74) is 3.20. The van der Waals surface area contributed by atoms with E-state index in [1.807, 2.05) is 31.4 Å². The van der Waals surface area contributed by atoms with Crippen LogP contribution in [0.15, 0.2) is 24.4 Å². The number of benzene rings is 1. The Morgan fingerprint density at radius 1 is 1.35 bits per heavy atom. The first-order chi connectivity index (χ1) is 8.38. The van der Waals surface area contributed by atoms with Crippen molar-refractivity contribution in [3.8, 4) is 22.8 Å². The summed E-state index contributed by atoms with van der Waals surface area (Å²) in [5, 5.41) is 10.2. The second-order valence-electron chi connectivity index (χ2n) is 3.87. The summed E-state index contributed by atoms with van der Waals surface area (Å²) in [7, 11) is 1.91. The molecule has 1 aromatic carbocycles. The zero-order valence-electron chi connectivity index (χ0n) is 9.49. The third-order valence-corrected chi connectivity index (χ3v) is 2.75. The molecule has 17 heavy (non-hydrogen) atoms. The highest BCUT2D eigenvalue weighted by Crippen LogP contribution is 2.36. The highest BCUT2D eigenvalue weighted by Gasteiger charge is 2.15. The van der Waals surface area contributed by atoms with E-state index in [2.05, 4.69) is 15.5 Å². The van der Waals surface area contributed by atoms with Gasteiger partial charge in [0.15, 0.2) is 11.5 Å². The Bertz CT molecular complexity index is 536. The number of nitrogens with one attached hydrogen (secondary N) is 2. The summed E-state index contributed by atoms with van der Waals surface area (Å²) < 4.78 is 10.7. The zero-order chi connectivity index (χ0) is 11.7. The fourth-order valence-corrected chi connectivity index (χ4v) is 1.94. The highest BCUT2D eigenvalue weighted by molar-refractivity contribution is 5.66. The molecule has 1 aromatic heterocycles. The molecule has 0 saturated carbocycles. The fourth-order valence-electron chi connectivity index (χ4n) is 1.94. The Morgan fingerprint density at radius 2 is 2.24 bits per heavy atom. The third-order valence-electron chi connectivity index (χ3n) is 2.75. The molecule has 5 heteroatoms.